The van der Waals surface area contributed by atoms with Gasteiger partial charge < -0.3 is 15.6 Å². The average Bonchev–Trinajstić information content (AvgIpc) is 3.16. The Morgan fingerprint density at radius 3 is 2.76 bits per heavy atom. The molecule has 0 aliphatic carbocycles. The number of allylic oxidation sites excluding steroid dienone is 4. The van der Waals surface area contributed by atoms with Crippen molar-refractivity contribution in [3.8, 4) is 5.75 Å². The maximum atomic E-state index is 13.4. The van der Waals surface area contributed by atoms with E-state index in [0.29, 0.717) is 36.7 Å². The van der Waals surface area contributed by atoms with Crippen molar-refractivity contribution in [2.45, 2.75) is 31.2 Å². The van der Waals surface area contributed by atoms with E-state index < -0.39 is 16.0 Å². The van der Waals surface area contributed by atoms with E-state index in [4.69, 9.17) is 10.5 Å². The number of nitrogen functional groups attached to an aromatic ring is 1. The Morgan fingerprint density at radius 2 is 2.09 bits per heavy atom. The van der Waals surface area contributed by atoms with Crippen LogP contribution in [0.4, 0.5) is 5.69 Å². The molecule has 2 aliphatic rings. The minimum Gasteiger partial charge on any atom is -0.494 e. The number of hydrogen-bond acceptors (Lipinski definition) is 7. The highest BCUT2D eigenvalue weighted by atomic mass is 32.2. The van der Waals surface area contributed by atoms with Crippen LogP contribution in [0.5, 0.6) is 5.75 Å². The summed E-state index contributed by atoms with van der Waals surface area (Å²) in [5, 5.41) is 15.6. The molecule has 3 rings (SSSR count). The van der Waals surface area contributed by atoms with Crippen molar-refractivity contribution in [1.29, 1.82) is 0 Å². The summed E-state index contributed by atoms with van der Waals surface area (Å²) in [4.78, 5) is 11.4. The summed E-state index contributed by atoms with van der Waals surface area (Å²) in [6, 6.07) is 4.33. The number of nitrogens with two attached hydrogens (primary N) is 1. The van der Waals surface area contributed by atoms with Gasteiger partial charge >= 0.3 is 5.97 Å². The normalized spacial score (nSPS) is 23.9. The summed E-state index contributed by atoms with van der Waals surface area (Å²) in [6.07, 6.45) is 6.96. The first kappa shape index (κ1) is 24.5. The third-order valence-corrected chi connectivity index (χ3v) is 7.51. The molecule has 0 amide bonds. The van der Waals surface area contributed by atoms with Gasteiger partial charge in [-0.25, -0.2) is 8.42 Å². The Labute approximate surface area is 194 Å². The first-order valence-corrected chi connectivity index (χ1v) is 12.2. The van der Waals surface area contributed by atoms with Gasteiger partial charge in [0.1, 0.15) is 10.6 Å². The number of nitrogens with zero attached hydrogens (tertiary/aromatic N) is 3. The number of benzene rings is 1. The SMILES string of the molecule is C=C1/C=C\C=C/CN([C@H]2CN(S(=O)(=O)c3ccc(OCC)cc3N)C[C@H]2C)N=C1CC(=O)O. The number of carbonyl (C=O) groups is 1. The molecule has 0 aromatic heterocycles. The Kier molecular flexibility index (Phi) is 7.60. The van der Waals surface area contributed by atoms with Gasteiger partial charge in [0.2, 0.25) is 10.0 Å². The van der Waals surface area contributed by atoms with E-state index in [2.05, 4.69) is 11.7 Å². The van der Waals surface area contributed by atoms with Gasteiger partial charge in [-0.05, 0) is 30.5 Å². The molecular weight excluding hydrogens is 444 g/mol. The lowest BCUT2D eigenvalue weighted by atomic mass is 10.1. The molecule has 178 valence electrons. The number of anilines is 1. The number of ether oxygens (including phenoxy) is 1. The van der Waals surface area contributed by atoms with Crippen molar-refractivity contribution in [2.24, 2.45) is 11.0 Å². The molecule has 9 nitrogen and oxygen atoms in total. The fourth-order valence-corrected chi connectivity index (χ4v) is 5.58. The molecule has 1 aromatic rings. The average molecular weight is 475 g/mol. The lowest BCUT2D eigenvalue weighted by Gasteiger charge is -2.28. The summed E-state index contributed by atoms with van der Waals surface area (Å²) in [7, 11) is -3.84. The molecule has 2 atom stereocenters. The molecule has 0 radical (unpaired) electrons. The van der Waals surface area contributed by atoms with Gasteiger partial charge in [0.05, 0.1) is 37.0 Å². The second-order valence-electron chi connectivity index (χ2n) is 8.05. The van der Waals surface area contributed by atoms with Crippen molar-refractivity contribution in [3.05, 3.63) is 54.7 Å². The van der Waals surface area contributed by atoms with E-state index >= 15 is 0 Å². The topological polar surface area (TPSA) is 126 Å². The van der Waals surface area contributed by atoms with Crippen LogP contribution >= 0.6 is 0 Å². The summed E-state index contributed by atoms with van der Waals surface area (Å²) >= 11 is 0. The molecule has 1 saturated heterocycles. The number of aliphatic carboxylic acids is 1. The molecule has 0 saturated carbocycles. The van der Waals surface area contributed by atoms with Crippen molar-refractivity contribution in [1.82, 2.24) is 9.31 Å². The fourth-order valence-electron chi connectivity index (χ4n) is 3.92. The molecule has 2 aliphatic heterocycles. The van der Waals surface area contributed by atoms with Crippen LogP contribution in [0.15, 0.2) is 64.7 Å². The summed E-state index contributed by atoms with van der Waals surface area (Å²) in [5.41, 5.74) is 7.03. The van der Waals surface area contributed by atoms with Crippen LogP contribution < -0.4 is 10.5 Å². The number of sulfonamides is 1. The quantitative estimate of drug-likeness (QED) is 0.582. The molecule has 3 N–H and O–H groups in total. The highest BCUT2D eigenvalue weighted by Crippen LogP contribution is 2.32. The Bertz CT molecular complexity index is 1110. The summed E-state index contributed by atoms with van der Waals surface area (Å²) in [5.74, 6) is -0.543. The lowest BCUT2D eigenvalue weighted by Crippen LogP contribution is -2.38. The maximum Gasteiger partial charge on any atom is 0.309 e. The number of hydrazone groups is 1. The molecule has 0 bridgehead atoms. The van der Waals surface area contributed by atoms with Crippen LogP contribution in [0.1, 0.15) is 20.3 Å². The Hall–Kier alpha value is -3.11. The minimum absolute atomic E-state index is 0.0378. The lowest BCUT2D eigenvalue weighted by molar-refractivity contribution is -0.135. The summed E-state index contributed by atoms with van der Waals surface area (Å²) < 4.78 is 33.6. The van der Waals surface area contributed by atoms with E-state index in [1.165, 1.54) is 16.4 Å². The molecule has 0 spiro atoms. The maximum absolute atomic E-state index is 13.4. The molecule has 0 unspecified atom stereocenters. The number of hydrogen-bond donors (Lipinski definition) is 2. The van der Waals surface area contributed by atoms with Crippen LogP contribution in [0.3, 0.4) is 0 Å². The predicted octanol–water partition coefficient (Wildman–Crippen LogP) is 2.49. The van der Waals surface area contributed by atoms with Crippen LogP contribution in [0.2, 0.25) is 0 Å². The van der Waals surface area contributed by atoms with Gasteiger partial charge in [0.25, 0.3) is 0 Å². The smallest absolute Gasteiger partial charge is 0.309 e. The van der Waals surface area contributed by atoms with Crippen molar-refractivity contribution in [3.63, 3.8) is 0 Å². The van der Waals surface area contributed by atoms with E-state index in [0.717, 1.165) is 0 Å². The molecular formula is C23H30N4O5S. The number of carboxylic acid groups (broad SMARTS) is 1. The van der Waals surface area contributed by atoms with Crippen molar-refractivity contribution in [2.75, 3.05) is 32.0 Å². The van der Waals surface area contributed by atoms with Crippen LogP contribution in [-0.2, 0) is 14.8 Å². The monoisotopic (exact) mass is 474 g/mol. The van der Waals surface area contributed by atoms with E-state index in [1.807, 2.05) is 26.0 Å². The van der Waals surface area contributed by atoms with Crippen molar-refractivity contribution < 1.29 is 23.1 Å². The standard InChI is InChI=1S/C23H30N4O5S/c1-4-32-18-9-10-22(19(24)12-18)33(30,31)26-14-17(3)21(15-26)27-11-7-5-6-8-16(2)20(25-27)13-23(28)29/h5-10,12,17,21H,2,4,11,13-15,24H2,1,3H3,(H,28,29)/b7-5-,8-6-,25-20?/t17-,21+/m1/s1. The third-order valence-electron chi connectivity index (χ3n) is 5.61. The minimum atomic E-state index is -3.84. The molecule has 1 fully saturated rings. The molecule has 1 aromatic carbocycles. The molecule has 2 heterocycles. The first-order valence-electron chi connectivity index (χ1n) is 10.7. The summed E-state index contributed by atoms with van der Waals surface area (Å²) in [6.45, 7) is 9.08. The van der Waals surface area contributed by atoms with E-state index in [-0.39, 0.29) is 35.5 Å². The van der Waals surface area contributed by atoms with Crippen LogP contribution in [0.25, 0.3) is 0 Å². The van der Waals surface area contributed by atoms with Gasteiger partial charge in [-0.3, -0.25) is 9.80 Å². The van der Waals surface area contributed by atoms with Gasteiger partial charge in [-0.15, -0.1) is 0 Å². The Balaban J connectivity index is 1.88. The number of carboxylic acids is 1. The van der Waals surface area contributed by atoms with E-state index in [1.54, 1.807) is 23.2 Å². The Morgan fingerprint density at radius 1 is 1.33 bits per heavy atom. The first-order chi connectivity index (χ1) is 15.6. The second kappa shape index (κ2) is 10.2. The molecule has 33 heavy (non-hydrogen) atoms. The van der Waals surface area contributed by atoms with Crippen LogP contribution in [-0.4, -0.2) is 66.8 Å². The van der Waals surface area contributed by atoms with E-state index in [9.17, 15) is 18.3 Å². The highest BCUT2D eigenvalue weighted by molar-refractivity contribution is 7.89. The predicted molar refractivity (Wildman–Crippen MR) is 128 cm³/mol. The zero-order valence-corrected chi connectivity index (χ0v) is 19.7. The third kappa shape index (κ3) is 5.63. The van der Waals surface area contributed by atoms with Gasteiger partial charge in [-0.2, -0.15) is 9.41 Å². The fraction of sp³-hybridized carbons (Fsp3) is 0.391. The van der Waals surface area contributed by atoms with Gasteiger partial charge in [-0.1, -0.05) is 37.8 Å². The zero-order chi connectivity index (χ0) is 24.2. The van der Waals surface area contributed by atoms with Gasteiger partial charge in [0, 0.05) is 19.2 Å². The molecule has 10 heteroatoms. The highest BCUT2D eigenvalue weighted by Gasteiger charge is 2.40. The van der Waals surface area contributed by atoms with Crippen molar-refractivity contribution >= 4 is 27.4 Å². The largest absolute Gasteiger partial charge is 0.494 e. The zero-order valence-electron chi connectivity index (χ0n) is 18.8. The second-order valence-corrected chi connectivity index (χ2v) is 9.96. The van der Waals surface area contributed by atoms with Crippen LogP contribution in [0, 0.1) is 5.92 Å². The number of rotatable bonds is 7. The van der Waals surface area contributed by atoms with Gasteiger partial charge in [0.15, 0.2) is 0 Å².